The van der Waals surface area contributed by atoms with Crippen LogP contribution in [0.4, 0.5) is 0 Å². The van der Waals surface area contributed by atoms with Crippen LogP contribution in [0.25, 0.3) is 44.3 Å². The minimum absolute atomic E-state index is 0.0853. The number of rotatable bonds is 16. The summed E-state index contributed by atoms with van der Waals surface area (Å²) in [7, 11) is 0. The number of fused-ring (bicyclic) bond motifs is 2. The second-order valence-corrected chi connectivity index (χ2v) is 14.0. The van der Waals surface area contributed by atoms with Crippen LogP contribution in [-0.4, -0.2) is 97.2 Å². The maximum absolute atomic E-state index is 13.5. The third-order valence-electron chi connectivity index (χ3n) is 10.2. The first-order valence-corrected chi connectivity index (χ1v) is 19.8. The van der Waals surface area contributed by atoms with Crippen molar-refractivity contribution in [3.63, 3.8) is 0 Å². The Bertz CT molecular complexity index is 2090. The highest BCUT2D eigenvalue weighted by Crippen LogP contribution is 2.28. The van der Waals surface area contributed by atoms with Crippen molar-refractivity contribution >= 4 is 33.6 Å². The van der Waals surface area contributed by atoms with Crippen molar-refractivity contribution in [1.29, 1.82) is 0 Å². The van der Waals surface area contributed by atoms with Crippen LogP contribution in [0.1, 0.15) is 47.4 Å². The highest BCUT2D eigenvalue weighted by molar-refractivity contribution is 6.08. The monoisotopic (exact) mass is 750 g/mol. The second-order valence-electron chi connectivity index (χ2n) is 14.0. The van der Waals surface area contributed by atoms with Crippen molar-refractivity contribution in [3.8, 4) is 34.0 Å². The number of hydrogen-bond acceptors (Lipinski definition) is 8. The van der Waals surface area contributed by atoms with Crippen LogP contribution in [0, 0.1) is 0 Å². The number of pyridine rings is 2. The predicted octanol–water partition coefficient (Wildman–Crippen LogP) is 7.47. The Hall–Kier alpha value is -5.84. The van der Waals surface area contributed by atoms with Crippen LogP contribution >= 0.6 is 0 Å². The molecule has 3 heterocycles. The van der Waals surface area contributed by atoms with Crippen LogP contribution in [0.15, 0.2) is 109 Å². The lowest BCUT2D eigenvalue weighted by Gasteiger charge is -2.34. The van der Waals surface area contributed by atoms with Gasteiger partial charge in [-0.1, -0.05) is 36.4 Å². The van der Waals surface area contributed by atoms with Gasteiger partial charge in [0, 0.05) is 61.2 Å². The van der Waals surface area contributed by atoms with Gasteiger partial charge >= 0.3 is 0 Å². The zero-order valence-electron chi connectivity index (χ0n) is 32.3. The highest BCUT2D eigenvalue weighted by Gasteiger charge is 2.19. The van der Waals surface area contributed by atoms with Gasteiger partial charge < -0.3 is 29.9 Å². The van der Waals surface area contributed by atoms with E-state index in [4.69, 9.17) is 19.4 Å². The van der Waals surface area contributed by atoms with E-state index in [0.29, 0.717) is 37.4 Å². The standard InChI is InChI=1S/C46H50N6O4/c1-3-55-35-19-15-33(16-20-35)43-31-39(37-11-5-7-13-41(37)49-43)45(53)47-23-9-25-51-27-29-52(30-28-51)26-10-24-48-46(54)40-32-44(50-42-14-8-6-12-38(40)42)34-17-21-36(22-18-34)56-4-2/h5-8,11-22,31-32H,3-4,9-10,23-30H2,1-2H3,(H,47,53)(H,48,54). The summed E-state index contributed by atoms with van der Waals surface area (Å²) in [6.45, 7) is 12.1. The summed E-state index contributed by atoms with van der Waals surface area (Å²) in [4.78, 5) is 41.6. The second kappa shape index (κ2) is 18.7. The van der Waals surface area contributed by atoms with Crippen molar-refractivity contribution in [1.82, 2.24) is 30.4 Å². The van der Waals surface area contributed by atoms with Gasteiger partial charge in [-0.2, -0.15) is 0 Å². The van der Waals surface area contributed by atoms with E-state index in [1.807, 2.05) is 123 Å². The number of benzene rings is 4. The topological polar surface area (TPSA) is 109 Å². The minimum atomic E-state index is -0.0853. The number of para-hydroxylation sites is 2. The molecule has 7 rings (SSSR count). The van der Waals surface area contributed by atoms with Crippen LogP contribution in [0.3, 0.4) is 0 Å². The van der Waals surface area contributed by atoms with Gasteiger partial charge in [-0.15, -0.1) is 0 Å². The van der Waals surface area contributed by atoms with Crippen molar-refractivity contribution in [2.24, 2.45) is 0 Å². The van der Waals surface area contributed by atoms with Crippen LogP contribution in [-0.2, 0) is 0 Å². The van der Waals surface area contributed by atoms with E-state index in [-0.39, 0.29) is 11.8 Å². The lowest BCUT2D eigenvalue weighted by molar-refractivity contribution is 0.0936. The smallest absolute Gasteiger partial charge is 0.252 e. The molecule has 2 aromatic heterocycles. The molecular formula is C46H50N6O4. The molecule has 0 radical (unpaired) electrons. The molecular weight excluding hydrogens is 701 g/mol. The molecule has 1 fully saturated rings. The number of hydrogen-bond donors (Lipinski definition) is 2. The van der Waals surface area contributed by atoms with Crippen molar-refractivity contribution < 1.29 is 19.1 Å². The molecule has 0 unspecified atom stereocenters. The third kappa shape index (κ3) is 9.50. The van der Waals surface area contributed by atoms with E-state index < -0.39 is 0 Å². The fourth-order valence-corrected chi connectivity index (χ4v) is 7.24. The Balaban J connectivity index is 0.848. The molecule has 288 valence electrons. The van der Waals surface area contributed by atoms with Gasteiger partial charge in [-0.3, -0.25) is 9.59 Å². The van der Waals surface area contributed by atoms with Crippen molar-refractivity contribution in [2.45, 2.75) is 26.7 Å². The van der Waals surface area contributed by atoms with Crippen LogP contribution in [0.2, 0.25) is 0 Å². The number of ether oxygens (including phenoxy) is 2. The van der Waals surface area contributed by atoms with Crippen molar-refractivity contribution in [2.75, 3.05) is 65.6 Å². The molecule has 4 aromatic carbocycles. The quantitative estimate of drug-likeness (QED) is 0.0982. The fourth-order valence-electron chi connectivity index (χ4n) is 7.24. The van der Waals surface area contributed by atoms with E-state index in [2.05, 4.69) is 20.4 Å². The highest BCUT2D eigenvalue weighted by atomic mass is 16.5. The fraction of sp³-hybridized carbons (Fsp3) is 0.304. The third-order valence-corrected chi connectivity index (χ3v) is 10.2. The molecule has 0 spiro atoms. The van der Waals surface area contributed by atoms with E-state index >= 15 is 0 Å². The Morgan fingerprint density at radius 3 is 1.36 bits per heavy atom. The predicted molar refractivity (Wildman–Crippen MR) is 223 cm³/mol. The van der Waals surface area contributed by atoms with E-state index in [9.17, 15) is 9.59 Å². The van der Waals surface area contributed by atoms with E-state index in [1.165, 1.54) is 0 Å². The van der Waals surface area contributed by atoms with E-state index in [0.717, 1.165) is 108 Å². The zero-order chi connectivity index (χ0) is 38.7. The van der Waals surface area contributed by atoms with Crippen LogP contribution in [0.5, 0.6) is 11.5 Å². The van der Waals surface area contributed by atoms with Crippen molar-refractivity contribution in [3.05, 3.63) is 120 Å². The first kappa shape index (κ1) is 38.4. The van der Waals surface area contributed by atoms with E-state index in [1.54, 1.807) is 0 Å². The van der Waals surface area contributed by atoms with Gasteiger partial charge in [0.1, 0.15) is 11.5 Å². The lowest BCUT2D eigenvalue weighted by atomic mass is 10.0. The Labute approximate surface area is 328 Å². The van der Waals surface area contributed by atoms with Gasteiger partial charge in [0.25, 0.3) is 11.8 Å². The normalized spacial score (nSPS) is 13.5. The van der Waals surface area contributed by atoms with Gasteiger partial charge in [-0.25, -0.2) is 9.97 Å². The molecule has 1 saturated heterocycles. The molecule has 2 amide bonds. The summed E-state index contributed by atoms with van der Waals surface area (Å²) in [6.07, 6.45) is 1.74. The molecule has 10 heteroatoms. The molecule has 0 saturated carbocycles. The SMILES string of the molecule is CCOc1ccc(-c2cc(C(=O)NCCCN3CCN(CCCNC(=O)c4cc(-c5ccc(OCC)cc5)nc5ccccc45)CC3)c3ccccc3n2)cc1. The maximum atomic E-state index is 13.5. The molecule has 0 atom stereocenters. The number of carbonyl (C=O) groups excluding carboxylic acids is 2. The summed E-state index contributed by atoms with van der Waals surface area (Å²) in [6, 6.07) is 35.0. The molecule has 2 N–H and O–H groups in total. The summed E-state index contributed by atoms with van der Waals surface area (Å²) in [5.41, 5.74) is 6.24. The number of piperazine rings is 1. The first-order valence-electron chi connectivity index (χ1n) is 19.8. The number of nitrogens with zero attached hydrogens (tertiary/aromatic N) is 4. The Kier molecular flexibility index (Phi) is 12.8. The number of nitrogens with one attached hydrogen (secondary N) is 2. The summed E-state index contributed by atoms with van der Waals surface area (Å²) in [5.74, 6) is 1.45. The zero-order valence-corrected chi connectivity index (χ0v) is 32.3. The van der Waals surface area contributed by atoms with Gasteiger partial charge in [0.15, 0.2) is 0 Å². The summed E-state index contributed by atoms with van der Waals surface area (Å²) >= 11 is 0. The van der Waals surface area contributed by atoms with Gasteiger partial charge in [0.2, 0.25) is 0 Å². The molecule has 10 nitrogen and oxygen atoms in total. The molecule has 56 heavy (non-hydrogen) atoms. The Morgan fingerprint density at radius 2 is 0.964 bits per heavy atom. The number of amides is 2. The minimum Gasteiger partial charge on any atom is -0.494 e. The maximum Gasteiger partial charge on any atom is 0.252 e. The Morgan fingerprint density at radius 1 is 0.571 bits per heavy atom. The molecule has 0 aliphatic carbocycles. The summed E-state index contributed by atoms with van der Waals surface area (Å²) in [5, 5.41) is 8.01. The largest absolute Gasteiger partial charge is 0.494 e. The first-order chi connectivity index (χ1) is 27.5. The average molecular weight is 751 g/mol. The van der Waals surface area contributed by atoms with Gasteiger partial charge in [-0.05, 0) is 113 Å². The number of carbonyl (C=O) groups is 2. The van der Waals surface area contributed by atoms with Crippen LogP contribution < -0.4 is 20.1 Å². The molecule has 1 aliphatic heterocycles. The number of aromatic nitrogens is 2. The average Bonchev–Trinajstić information content (AvgIpc) is 3.24. The molecule has 1 aliphatic rings. The molecule has 0 bridgehead atoms. The van der Waals surface area contributed by atoms with Gasteiger partial charge in [0.05, 0.1) is 46.8 Å². The molecule has 6 aromatic rings. The lowest BCUT2D eigenvalue weighted by Crippen LogP contribution is -2.47. The summed E-state index contributed by atoms with van der Waals surface area (Å²) < 4.78 is 11.2.